The van der Waals surface area contributed by atoms with E-state index in [0.717, 1.165) is 98.2 Å². The van der Waals surface area contributed by atoms with Crippen molar-refractivity contribution in [2.45, 2.75) is 122 Å². The van der Waals surface area contributed by atoms with Crippen LogP contribution in [-0.2, 0) is 14.3 Å². The Morgan fingerprint density at radius 3 is 2.46 bits per heavy atom. The molecule has 11 rings (SSSR count). The van der Waals surface area contributed by atoms with E-state index in [0.29, 0.717) is 59.5 Å². The summed E-state index contributed by atoms with van der Waals surface area (Å²) >= 11 is 1.63. The van der Waals surface area contributed by atoms with Crippen LogP contribution < -0.4 is 16.0 Å². The molecular formula is C60H74N12O5S. The molecule has 1 spiro atoms. The molecule has 4 N–H and O–H groups in total. The number of phenolic OH excluding ortho intramolecular Hbond substituents is 1. The molecule has 4 aromatic heterocycles. The number of carbonyl (C=O) groups excluding carboxylic acids is 2. The molecule has 5 fully saturated rings. The van der Waals surface area contributed by atoms with Crippen LogP contribution in [0.2, 0.25) is 0 Å². The summed E-state index contributed by atoms with van der Waals surface area (Å²) in [6.45, 7) is 18.4. The third-order valence-electron chi connectivity index (χ3n) is 17.5. The summed E-state index contributed by atoms with van der Waals surface area (Å²) in [4.78, 5) is 43.1. The Labute approximate surface area is 461 Å². The first kappa shape index (κ1) is 53.4. The number of aryl methyl sites for hydroxylation is 1. The van der Waals surface area contributed by atoms with Crippen molar-refractivity contribution in [3.05, 3.63) is 95.6 Å². The van der Waals surface area contributed by atoms with Crippen LogP contribution in [0.25, 0.3) is 32.8 Å². The van der Waals surface area contributed by atoms with Gasteiger partial charge in [-0.1, -0.05) is 67.2 Å². The van der Waals surface area contributed by atoms with Crippen LogP contribution in [-0.4, -0.2) is 139 Å². The van der Waals surface area contributed by atoms with Crippen molar-refractivity contribution in [3.8, 4) is 50.4 Å². The summed E-state index contributed by atoms with van der Waals surface area (Å²) in [6, 6.07) is 18.8. The van der Waals surface area contributed by atoms with Gasteiger partial charge in [-0.3, -0.25) is 19.2 Å². The quantitative estimate of drug-likeness (QED) is 0.0876. The van der Waals surface area contributed by atoms with Gasteiger partial charge in [0.15, 0.2) is 17.4 Å². The Kier molecular flexibility index (Phi) is 15.7. The van der Waals surface area contributed by atoms with Gasteiger partial charge in [0.2, 0.25) is 11.8 Å². The first-order valence-electron chi connectivity index (χ1n) is 28.2. The lowest BCUT2D eigenvalue weighted by Crippen LogP contribution is -2.58. The molecular weight excluding hydrogens is 1000 g/mol. The molecule has 5 aliphatic rings. The average Bonchev–Trinajstić information content (AvgIpc) is 4.37. The van der Waals surface area contributed by atoms with Gasteiger partial charge in [-0.05, 0) is 132 Å². The molecule has 1 saturated carbocycles. The van der Waals surface area contributed by atoms with E-state index in [1.807, 2.05) is 69.2 Å². The molecule has 4 saturated heterocycles. The molecule has 6 aromatic rings. The summed E-state index contributed by atoms with van der Waals surface area (Å²) in [5.41, 5.74) is 14.3. The van der Waals surface area contributed by atoms with E-state index in [1.165, 1.54) is 25.7 Å². The summed E-state index contributed by atoms with van der Waals surface area (Å²) < 4.78 is 14.0. The predicted octanol–water partition coefficient (Wildman–Crippen LogP) is 8.75. The lowest BCUT2D eigenvalue weighted by atomic mass is 9.60. The number of aromatic nitrogens is 6. The van der Waals surface area contributed by atoms with Crippen LogP contribution in [0.5, 0.6) is 5.75 Å². The van der Waals surface area contributed by atoms with E-state index >= 15 is 0 Å². The molecule has 0 bridgehead atoms. The number of benzene rings is 2. The number of aromatic hydroxyl groups is 1. The SMILES string of the molecule is Cc1ncsc1-c1ccc(C(C)NC(=O)C2CCCN2C(=O)C(c2cc(N3CCC(CN4CCC5(CC4)CC(N4CCOC(C#CC(C)n6cc(-c7cc(-c8ccccc8O)nnc7N)cn6)C4)C5)CC3)no2)C(C)C)cc1. The zero-order valence-electron chi connectivity index (χ0n) is 45.7. The highest BCUT2D eigenvalue weighted by Crippen LogP contribution is 2.51. The molecule has 2 aromatic carbocycles. The second kappa shape index (κ2) is 23.0. The first-order valence-corrected chi connectivity index (χ1v) is 29.0. The van der Waals surface area contributed by atoms with Gasteiger partial charge in [-0.2, -0.15) is 5.10 Å². The Hall–Kier alpha value is -6.65. The van der Waals surface area contributed by atoms with Crippen molar-refractivity contribution < 1.29 is 24.0 Å². The van der Waals surface area contributed by atoms with E-state index in [-0.39, 0.29) is 47.5 Å². The second-order valence-electron chi connectivity index (χ2n) is 23.0. The number of morpholine rings is 1. The molecule has 1 aliphatic carbocycles. The molecule has 18 heteroatoms. The molecule has 78 heavy (non-hydrogen) atoms. The molecule has 5 atom stereocenters. The van der Waals surface area contributed by atoms with Crippen molar-refractivity contribution in [2.24, 2.45) is 17.3 Å². The molecule has 17 nitrogen and oxygen atoms in total. The van der Waals surface area contributed by atoms with Crippen LogP contribution >= 0.6 is 11.3 Å². The number of hydrogen-bond donors (Lipinski definition) is 3. The number of phenols is 1. The molecule has 5 unspecified atom stereocenters. The fourth-order valence-electron chi connectivity index (χ4n) is 12.7. The highest BCUT2D eigenvalue weighted by Gasteiger charge is 2.48. The maximum atomic E-state index is 14.4. The monoisotopic (exact) mass is 1070 g/mol. The van der Waals surface area contributed by atoms with E-state index < -0.39 is 12.0 Å². The smallest absolute Gasteiger partial charge is 0.243 e. The number of nitrogens with one attached hydrogen (secondary N) is 1. The van der Waals surface area contributed by atoms with Gasteiger partial charge in [-0.15, -0.1) is 21.5 Å². The second-order valence-corrected chi connectivity index (χ2v) is 23.8. The molecule has 8 heterocycles. The van der Waals surface area contributed by atoms with E-state index in [9.17, 15) is 14.7 Å². The zero-order valence-corrected chi connectivity index (χ0v) is 46.5. The number of ether oxygens (including phenoxy) is 1. The van der Waals surface area contributed by atoms with Gasteiger partial charge in [0.25, 0.3) is 0 Å². The maximum Gasteiger partial charge on any atom is 0.243 e. The number of piperidine rings is 2. The Balaban J connectivity index is 0.610. The Morgan fingerprint density at radius 2 is 1.72 bits per heavy atom. The number of rotatable bonds is 14. The van der Waals surface area contributed by atoms with Gasteiger partial charge < -0.3 is 40.1 Å². The topological polar surface area (TPSA) is 197 Å². The first-order chi connectivity index (χ1) is 37.8. The lowest BCUT2D eigenvalue weighted by Gasteiger charge is -2.56. The number of nitrogens with two attached hydrogens (primary N) is 1. The molecule has 2 amide bonds. The number of hydrogen-bond acceptors (Lipinski definition) is 15. The minimum Gasteiger partial charge on any atom is -0.507 e. The fraction of sp³-hybridized carbons (Fsp3) is 0.517. The number of nitrogens with zero attached hydrogens (tertiary/aromatic N) is 10. The fourth-order valence-corrected chi connectivity index (χ4v) is 13.5. The van der Waals surface area contributed by atoms with Crippen molar-refractivity contribution in [1.29, 1.82) is 0 Å². The standard InChI is InChI=1S/C60H74N12O5S/c1-38(2)55(59(75)71-22-8-10-51(71)58(74)64-40(4)43-13-15-44(16-14-43)56-41(5)62-37-78-56)53-30-54(67-77-53)69-23-18-42(19-24-69)34-68-25-20-60(21-26-68)31-46(32-60)70-27-28-76-47(36-70)17-12-39(3)72-35-45(33-63-72)49-29-50(65-66-57(49)61)48-9-6-7-11-52(48)73/h6-7,9,11,13-16,29-30,33,35,37-40,42,46-47,51,55,73H,8,10,18-28,31-32,34,36H2,1-5H3,(H2,61,66)(H,64,74). The van der Waals surface area contributed by atoms with E-state index in [2.05, 4.69) is 81.6 Å². The van der Waals surface area contributed by atoms with Gasteiger partial charge in [0, 0.05) is 74.3 Å². The maximum absolute atomic E-state index is 14.4. The Morgan fingerprint density at radius 1 is 0.936 bits per heavy atom. The number of amides is 2. The lowest BCUT2D eigenvalue weighted by molar-refractivity contribution is -0.141. The van der Waals surface area contributed by atoms with Crippen molar-refractivity contribution in [3.63, 3.8) is 0 Å². The number of nitrogen functional groups attached to an aromatic ring is 1. The summed E-state index contributed by atoms with van der Waals surface area (Å²) in [7, 11) is 0. The number of carbonyl (C=O) groups is 2. The number of anilines is 2. The van der Waals surface area contributed by atoms with Gasteiger partial charge in [0.1, 0.15) is 29.9 Å². The minimum atomic E-state index is -0.525. The minimum absolute atomic E-state index is 0.0344. The third-order valence-corrected chi connectivity index (χ3v) is 18.4. The average molecular weight is 1080 g/mol. The number of likely N-dealkylation sites (tertiary alicyclic amines) is 2. The Bertz CT molecular complexity index is 3120. The highest BCUT2D eigenvalue weighted by atomic mass is 32.1. The van der Waals surface area contributed by atoms with Gasteiger partial charge >= 0.3 is 0 Å². The van der Waals surface area contributed by atoms with Gasteiger partial charge in [0.05, 0.1) is 40.6 Å². The van der Waals surface area contributed by atoms with Crippen molar-refractivity contribution >= 4 is 34.8 Å². The summed E-state index contributed by atoms with van der Waals surface area (Å²) in [5, 5.41) is 31.1. The summed E-state index contributed by atoms with van der Waals surface area (Å²) in [6.07, 6.45) is 12.2. The number of para-hydroxylation sites is 1. The van der Waals surface area contributed by atoms with Crippen molar-refractivity contribution in [2.75, 3.05) is 69.6 Å². The normalized spacial score (nSPS) is 21.5. The van der Waals surface area contributed by atoms with Crippen LogP contribution in [0, 0.1) is 36.0 Å². The number of thiazole rings is 1. The van der Waals surface area contributed by atoms with E-state index in [4.69, 9.17) is 15.0 Å². The summed E-state index contributed by atoms with van der Waals surface area (Å²) in [5.74, 6) is 8.50. The molecule has 4 aliphatic heterocycles. The van der Waals surface area contributed by atoms with Crippen LogP contribution in [0.3, 0.4) is 0 Å². The predicted molar refractivity (Wildman–Crippen MR) is 302 cm³/mol. The third kappa shape index (κ3) is 11.4. The van der Waals surface area contributed by atoms with Crippen LogP contribution in [0.15, 0.2) is 83.1 Å². The van der Waals surface area contributed by atoms with E-state index in [1.54, 1.807) is 40.6 Å². The highest BCUT2D eigenvalue weighted by molar-refractivity contribution is 7.13. The molecule has 0 radical (unpaired) electrons. The van der Waals surface area contributed by atoms with Crippen LogP contribution in [0.1, 0.15) is 114 Å². The zero-order chi connectivity index (χ0) is 54.1. The van der Waals surface area contributed by atoms with Crippen LogP contribution in [0.4, 0.5) is 11.6 Å². The van der Waals surface area contributed by atoms with Crippen molar-refractivity contribution in [1.82, 2.24) is 50.1 Å². The van der Waals surface area contributed by atoms with Gasteiger partial charge in [-0.25, -0.2) is 4.98 Å². The largest absolute Gasteiger partial charge is 0.507 e. The molecule has 410 valence electrons.